The maximum absolute atomic E-state index is 11.5. The van der Waals surface area contributed by atoms with Crippen molar-refractivity contribution in [2.75, 3.05) is 26.3 Å². The van der Waals surface area contributed by atoms with Crippen LogP contribution < -0.4 is 5.73 Å². The van der Waals surface area contributed by atoms with Crippen LogP contribution in [0.25, 0.3) is 0 Å². The minimum atomic E-state index is -0.269. The van der Waals surface area contributed by atoms with Crippen molar-refractivity contribution in [2.45, 2.75) is 32.4 Å². The third kappa shape index (κ3) is 3.35. The Balaban J connectivity index is 2.45. The van der Waals surface area contributed by atoms with Gasteiger partial charge in [-0.05, 0) is 20.3 Å². The van der Waals surface area contributed by atoms with Crippen LogP contribution in [0.15, 0.2) is 0 Å². The number of hydrogen-bond donors (Lipinski definition) is 1. The predicted octanol–water partition coefficient (Wildman–Crippen LogP) is 0.581. The molecule has 1 rings (SSSR count). The number of piperidine rings is 1. The Labute approximate surface area is 90.5 Å². The van der Waals surface area contributed by atoms with Gasteiger partial charge in [0.25, 0.3) is 0 Å². The zero-order valence-corrected chi connectivity index (χ0v) is 9.44. The largest absolute Gasteiger partial charge is 0.450 e. The van der Waals surface area contributed by atoms with Crippen molar-refractivity contribution < 1.29 is 14.3 Å². The highest BCUT2D eigenvalue weighted by Gasteiger charge is 2.30. The summed E-state index contributed by atoms with van der Waals surface area (Å²) in [5, 5.41) is 0. The SMILES string of the molecule is CCOC(=O)N1CC[C@H](N)[C@H](OCC)C1. The second kappa shape index (κ2) is 5.92. The summed E-state index contributed by atoms with van der Waals surface area (Å²) in [5.74, 6) is 0. The van der Waals surface area contributed by atoms with E-state index >= 15 is 0 Å². The number of nitrogens with two attached hydrogens (primary N) is 1. The molecular weight excluding hydrogens is 196 g/mol. The summed E-state index contributed by atoms with van der Waals surface area (Å²) in [4.78, 5) is 13.1. The highest BCUT2D eigenvalue weighted by Crippen LogP contribution is 2.13. The summed E-state index contributed by atoms with van der Waals surface area (Å²) in [7, 11) is 0. The van der Waals surface area contributed by atoms with Gasteiger partial charge in [-0.15, -0.1) is 0 Å². The van der Waals surface area contributed by atoms with Crippen molar-refractivity contribution >= 4 is 6.09 Å². The van der Waals surface area contributed by atoms with E-state index in [1.54, 1.807) is 11.8 Å². The third-order valence-electron chi connectivity index (χ3n) is 2.52. The molecule has 1 aliphatic rings. The van der Waals surface area contributed by atoms with E-state index in [0.717, 1.165) is 6.42 Å². The molecule has 0 aromatic heterocycles. The van der Waals surface area contributed by atoms with Gasteiger partial charge in [-0.25, -0.2) is 4.79 Å². The maximum atomic E-state index is 11.5. The molecule has 1 aliphatic heterocycles. The van der Waals surface area contributed by atoms with E-state index in [1.165, 1.54) is 0 Å². The Kier molecular flexibility index (Phi) is 4.84. The lowest BCUT2D eigenvalue weighted by atomic mass is 10.0. The van der Waals surface area contributed by atoms with Crippen LogP contribution in [0, 0.1) is 0 Å². The molecule has 5 heteroatoms. The number of rotatable bonds is 3. The number of likely N-dealkylation sites (tertiary alicyclic amines) is 1. The van der Waals surface area contributed by atoms with Gasteiger partial charge in [0.2, 0.25) is 0 Å². The average Bonchev–Trinajstić information content (AvgIpc) is 2.22. The van der Waals surface area contributed by atoms with Crippen LogP contribution in [0.4, 0.5) is 4.79 Å². The van der Waals surface area contributed by atoms with Gasteiger partial charge in [-0.3, -0.25) is 0 Å². The number of ether oxygens (including phenoxy) is 2. The first kappa shape index (κ1) is 12.3. The van der Waals surface area contributed by atoms with Gasteiger partial charge >= 0.3 is 6.09 Å². The van der Waals surface area contributed by atoms with Crippen LogP contribution >= 0.6 is 0 Å². The molecule has 1 amide bonds. The molecule has 0 aliphatic carbocycles. The molecule has 2 atom stereocenters. The first-order chi connectivity index (χ1) is 7.19. The second-order valence-electron chi connectivity index (χ2n) is 3.59. The van der Waals surface area contributed by atoms with Gasteiger partial charge in [0, 0.05) is 19.2 Å². The van der Waals surface area contributed by atoms with E-state index in [9.17, 15) is 4.79 Å². The van der Waals surface area contributed by atoms with E-state index in [0.29, 0.717) is 26.3 Å². The molecule has 1 fully saturated rings. The fourth-order valence-electron chi connectivity index (χ4n) is 1.71. The molecule has 0 radical (unpaired) electrons. The quantitative estimate of drug-likeness (QED) is 0.749. The van der Waals surface area contributed by atoms with Gasteiger partial charge in [-0.1, -0.05) is 0 Å². The van der Waals surface area contributed by atoms with Crippen molar-refractivity contribution in [2.24, 2.45) is 5.73 Å². The maximum Gasteiger partial charge on any atom is 0.409 e. The van der Waals surface area contributed by atoms with E-state index < -0.39 is 0 Å². The van der Waals surface area contributed by atoms with Crippen molar-refractivity contribution in [1.29, 1.82) is 0 Å². The van der Waals surface area contributed by atoms with Crippen molar-refractivity contribution in [1.82, 2.24) is 4.90 Å². The van der Waals surface area contributed by atoms with Crippen LogP contribution in [0.1, 0.15) is 20.3 Å². The molecule has 5 nitrogen and oxygen atoms in total. The topological polar surface area (TPSA) is 64.8 Å². The first-order valence-corrected chi connectivity index (χ1v) is 5.47. The third-order valence-corrected chi connectivity index (χ3v) is 2.52. The Morgan fingerprint density at radius 1 is 1.47 bits per heavy atom. The van der Waals surface area contributed by atoms with E-state index in [4.69, 9.17) is 15.2 Å². The Bertz CT molecular complexity index is 211. The Morgan fingerprint density at radius 3 is 2.80 bits per heavy atom. The monoisotopic (exact) mass is 216 g/mol. The van der Waals surface area contributed by atoms with Crippen LogP contribution in [0.2, 0.25) is 0 Å². The van der Waals surface area contributed by atoms with Gasteiger partial charge in [-0.2, -0.15) is 0 Å². The van der Waals surface area contributed by atoms with Gasteiger partial charge in [0.15, 0.2) is 0 Å². The zero-order valence-electron chi connectivity index (χ0n) is 9.44. The summed E-state index contributed by atoms with van der Waals surface area (Å²) in [6.45, 7) is 5.94. The molecule has 0 saturated carbocycles. The lowest BCUT2D eigenvalue weighted by molar-refractivity contribution is -0.00758. The smallest absolute Gasteiger partial charge is 0.409 e. The molecule has 0 aromatic rings. The molecule has 2 N–H and O–H groups in total. The minimum absolute atomic E-state index is 0.0237. The second-order valence-corrected chi connectivity index (χ2v) is 3.59. The number of carbonyl (C=O) groups excluding carboxylic acids is 1. The van der Waals surface area contributed by atoms with E-state index in [1.807, 2.05) is 6.92 Å². The molecule has 88 valence electrons. The van der Waals surface area contributed by atoms with E-state index in [-0.39, 0.29) is 18.2 Å². The minimum Gasteiger partial charge on any atom is -0.450 e. The number of nitrogens with zero attached hydrogens (tertiary/aromatic N) is 1. The Hall–Kier alpha value is -0.810. The fourth-order valence-corrected chi connectivity index (χ4v) is 1.71. The molecule has 0 unspecified atom stereocenters. The average molecular weight is 216 g/mol. The van der Waals surface area contributed by atoms with Gasteiger partial charge < -0.3 is 20.1 Å². The summed E-state index contributed by atoms with van der Waals surface area (Å²) in [5.41, 5.74) is 5.90. The van der Waals surface area contributed by atoms with Gasteiger partial charge in [0.05, 0.1) is 19.3 Å². The van der Waals surface area contributed by atoms with Crippen molar-refractivity contribution in [3.05, 3.63) is 0 Å². The highest BCUT2D eigenvalue weighted by atomic mass is 16.6. The molecule has 1 saturated heterocycles. The number of amides is 1. The van der Waals surface area contributed by atoms with E-state index in [2.05, 4.69) is 0 Å². The van der Waals surface area contributed by atoms with Crippen LogP contribution in [0.5, 0.6) is 0 Å². The summed E-state index contributed by atoms with van der Waals surface area (Å²) in [6, 6.07) is 0.0237. The lowest BCUT2D eigenvalue weighted by Gasteiger charge is -2.35. The Morgan fingerprint density at radius 2 is 2.20 bits per heavy atom. The highest BCUT2D eigenvalue weighted by molar-refractivity contribution is 5.67. The fraction of sp³-hybridized carbons (Fsp3) is 0.900. The molecule has 0 spiro atoms. The molecule has 0 bridgehead atoms. The zero-order chi connectivity index (χ0) is 11.3. The molecule has 1 heterocycles. The lowest BCUT2D eigenvalue weighted by Crippen LogP contribution is -2.53. The van der Waals surface area contributed by atoms with Crippen molar-refractivity contribution in [3.63, 3.8) is 0 Å². The molecular formula is C10H20N2O3. The first-order valence-electron chi connectivity index (χ1n) is 5.47. The summed E-state index contributed by atoms with van der Waals surface area (Å²) >= 11 is 0. The summed E-state index contributed by atoms with van der Waals surface area (Å²) in [6.07, 6.45) is 0.436. The van der Waals surface area contributed by atoms with Crippen molar-refractivity contribution in [3.8, 4) is 0 Å². The normalized spacial score (nSPS) is 26.5. The standard InChI is InChI=1S/C10H20N2O3/c1-3-14-9-7-12(6-5-8(9)11)10(13)15-4-2/h8-9H,3-7,11H2,1-2H3/t8-,9+/m0/s1. The number of hydrogen-bond acceptors (Lipinski definition) is 4. The van der Waals surface area contributed by atoms with Crippen LogP contribution in [-0.2, 0) is 9.47 Å². The summed E-state index contributed by atoms with van der Waals surface area (Å²) < 4.78 is 10.4. The predicted molar refractivity (Wildman–Crippen MR) is 56.6 cm³/mol. The van der Waals surface area contributed by atoms with Gasteiger partial charge in [0.1, 0.15) is 0 Å². The molecule has 15 heavy (non-hydrogen) atoms. The van der Waals surface area contributed by atoms with Crippen LogP contribution in [-0.4, -0.2) is 49.4 Å². The molecule has 0 aromatic carbocycles. The van der Waals surface area contributed by atoms with Crippen LogP contribution in [0.3, 0.4) is 0 Å². The number of carbonyl (C=O) groups is 1.